The van der Waals surface area contributed by atoms with Gasteiger partial charge in [0.25, 0.3) is 0 Å². The van der Waals surface area contributed by atoms with Crippen LogP contribution in [0.5, 0.6) is 0 Å². The van der Waals surface area contributed by atoms with Crippen molar-refractivity contribution < 1.29 is 69.9 Å². The fourth-order valence-corrected chi connectivity index (χ4v) is 1.64. The lowest BCUT2D eigenvalue weighted by molar-refractivity contribution is -0.869. The summed E-state index contributed by atoms with van der Waals surface area (Å²) >= 11 is 0. The minimum Gasteiger partial charge on any atom is -0.475 e. The lowest BCUT2D eigenvalue weighted by Gasteiger charge is -2.15. The molecule has 0 aromatic heterocycles. The molecule has 1 atom stereocenters. The van der Waals surface area contributed by atoms with Gasteiger partial charge in [-0.05, 0) is 74.5 Å². The van der Waals surface area contributed by atoms with Gasteiger partial charge in [0.05, 0.1) is 7.11 Å². The molecule has 0 radical (unpaired) electrons. The van der Waals surface area contributed by atoms with Crippen LogP contribution >= 0.6 is 0 Å². The van der Waals surface area contributed by atoms with Gasteiger partial charge in [-0.1, -0.05) is 18.2 Å². The number of ether oxygens (including phenoxy) is 1. The Labute approximate surface area is 307 Å². The molecular formula is C36H63NO14. The van der Waals surface area contributed by atoms with Crippen molar-refractivity contribution in [2.75, 3.05) is 20.3 Å². The Balaban J connectivity index is -0.0000000627. The Kier molecular flexibility index (Phi) is 155. The Bertz CT molecular complexity index is 692. The summed E-state index contributed by atoms with van der Waals surface area (Å²) < 4.78 is 5.54. The van der Waals surface area contributed by atoms with Crippen molar-refractivity contribution in [3.8, 4) is 0 Å². The average Bonchev–Trinajstić information content (AvgIpc) is 3.67. The lowest BCUT2D eigenvalue weighted by Crippen LogP contribution is -2.30. The van der Waals surface area contributed by atoms with E-state index in [0.717, 1.165) is 12.7 Å². The van der Waals surface area contributed by atoms with Gasteiger partial charge >= 0.3 is 0 Å². The van der Waals surface area contributed by atoms with Gasteiger partial charge in [-0.25, -0.2) is 14.8 Å². The summed E-state index contributed by atoms with van der Waals surface area (Å²) in [5.41, 5.74) is 0.163. The van der Waals surface area contributed by atoms with Crippen molar-refractivity contribution in [2.24, 2.45) is 4.99 Å². The first kappa shape index (κ1) is 76.1. The third-order valence-corrected chi connectivity index (χ3v) is 2.68. The highest BCUT2D eigenvalue weighted by molar-refractivity contribution is 5.95. The van der Waals surface area contributed by atoms with Crippen LogP contribution in [0.15, 0.2) is 193 Å². The largest absolute Gasteiger partial charge is 0.475 e. The number of hydrogen-bond acceptors (Lipinski definition) is 15. The average molecular weight is 734 g/mol. The molecule has 1 unspecified atom stereocenters. The zero-order chi connectivity index (χ0) is 43.2. The molecule has 51 heavy (non-hydrogen) atoms. The Hall–Kier alpha value is -4.95. The highest BCUT2D eigenvalue weighted by Crippen LogP contribution is 2.22. The van der Waals surface area contributed by atoms with Gasteiger partial charge in [-0.3, -0.25) is 0 Å². The van der Waals surface area contributed by atoms with Gasteiger partial charge in [0.1, 0.15) is 18.8 Å². The third kappa shape index (κ3) is 72.0. The normalized spacial score (nSPS) is 11.1. The second-order valence-electron chi connectivity index (χ2n) is 4.75. The first-order chi connectivity index (χ1) is 25.2. The van der Waals surface area contributed by atoms with E-state index in [4.69, 9.17) is 9.62 Å². The van der Waals surface area contributed by atoms with Crippen molar-refractivity contribution in [1.29, 1.82) is 0 Å². The highest BCUT2D eigenvalue weighted by Gasteiger charge is 2.33. The van der Waals surface area contributed by atoms with Gasteiger partial charge in [0, 0.05) is 5.56 Å². The van der Waals surface area contributed by atoms with Crippen molar-refractivity contribution in [3.63, 3.8) is 0 Å². The maximum Gasteiger partial charge on any atom is 0.216 e. The van der Waals surface area contributed by atoms with E-state index in [9.17, 15) is 0 Å². The molecule has 0 bridgehead atoms. The molecule has 0 saturated carbocycles. The predicted molar refractivity (Wildman–Crippen MR) is 207 cm³/mol. The van der Waals surface area contributed by atoms with Gasteiger partial charge in [-0.2, -0.15) is 0 Å². The second-order valence-corrected chi connectivity index (χ2v) is 4.75. The van der Waals surface area contributed by atoms with E-state index in [2.05, 4.69) is 223 Å². The van der Waals surface area contributed by atoms with E-state index in [0.29, 0.717) is 5.90 Å². The highest BCUT2D eigenvalue weighted by atomic mass is 18.0. The molecule has 1 aromatic carbocycles. The minimum absolute atomic E-state index is 0.0120. The monoisotopic (exact) mass is 733 g/mol. The van der Waals surface area contributed by atoms with Crippen LogP contribution in [0.2, 0.25) is 0 Å². The summed E-state index contributed by atoms with van der Waals surface area (Å²) in [6.45, 7) is 74.1. The third-order valence-electron chi connectivity index (χ3n) is 2.68. The van der Waals surface area contributed by atoms with Crippen LogP contribution in [0.1, 0.15) is 12.5 Å². The zero-order valence-corrected chi connectivity index (χ0v) is 30.9. The summed E-state index contributed by atoms with van der Waals surface area (Å²) in [4.78, 5) is 13.1. The summed E-state index contributed by atoms with van der Waals surface area (Å²) in [7, 11) is 1.14. The molecule has 0 aliphatic carbocycles. The number of benzene rings is 1. The minimum atomic E-state index is -0.686. The molecule has 1 heterocycles. The first-order valence-electron chi connectivity index (χ1n) is 13.0. The summed E-state index contributed by atoms with van der Waals surface area (Å²) in [6.07, 6.45) is 0. The summed E-state index contributed by atoms with van der Waals surface area (Å²) in [6, 6.07) is 9.39. The van der Waals surface area contributed by atoms with Crippen LogP contribution < -0.4 is 0 Å². The van der Waals surface area contributed by atoms with Crippen LogP contribution in [0.25, 0.3) is 0 Å². The van der Waals surface area contributed by atoms with Gasteiger partial charge in [-0.15, -0.1) is 158 Å². The van der Waals surface area contributed by atoms with Crippen LogP contribution in [0.4, 0.5) is 0 Å². The fourth-order valence-electron chi connectivity index (χ4n) is 1.64. The SMILES string of the molecule is C=C.C=C.C=C.C=C.C=C.C=C.C=C.C=C.C=C.C=C.C=C.C=C.COOOOOOOOOOOOOCC1(C)COC(c2ccccc2)=N1. The molecular weight excluding hydrogens is 670 g/mol. The standard InChI is InChI=1S/C12H15NO14.12C2H4/c1-12(8-15-11(13-12)10-6-4-3-5-7-10)9-16-18-20-22-24-26-27-25-23-21-19-17-14-2;12*1-2/h3-7H,8-9H2,1-2H3;12*1-2H2. The molecule has 0 fully saturated rings. The maximum atomic E-state index is 5.54. The summed E-state index contributed by atoms with van der Waals surface area (Å²) in [5, 5.41) is 41.7. The summed E-state index contributed by atoms with van der Waals surface area (Å²) in [5.74, 6) is 0.498. The Morgan fingerprint density at radius 1 is 0.490 bits per heavy atom. The van der Waals surface area contributed by atoms with Crippen LogP contribution in [-0.2, 0) is 69.9 Å². The number of rotatable bonds is 15. The molecule has 296 valence electrons. The molecule has 15 heteroatoms. The molecule has 0 N–H and O–H groups in total. The van der Waals surface area contributed by atoms with E-state index >= 15 is 0 Å². The second kappa shape index (κ2) is 104. The number of aliphatic imine (C=N–C) groups is 1. The Morgan fingerprint density at radius 2 is 0.784 bits per heavy atom. The van der Waals surface area contributed by atoms with E-state index < -0.39 is 5.54 Å². The molecule has 0 saturated heterocycles. The molecule has 1 aromatic rings. The first-order valence-corrected chi connectivity index (χ1v) is 13.0. The van der Waals surface area contributed by atoms with Crippen molar-refractivity contribution in [1.82, 2.24) is 0 Å². The smallest absolute Gasteiger partial charge is 0.216 e. The maximum absolute atomic E-state index is 5.54. The van der Waals surface area contributed by atoms with E-state index in [1.165, 1.54) is 0 Å². The van der Waals surface area contributed by atoms with Gasteiger partial charge < -0.3 is 4.74 Å². The van der Waals surface area contributed by atoms with E-state index in [1.54, 1.807) is 6.92 Å². The fraction of sp³-hybridized carbons (Fsp3) is 0.139. The van der Waals surface area contributed by atoms with Crippen LogP contribution in [0, 0.1) is 0 Å². The molecule has 2 rings (SSSR count). The topological polar surface area (TPSA) is 142 Å². The predicted octanol–water partition coefficient (Wildman–Crippen LogP) is 10.7. The van der Waals surface area contributed by atoms with Crippen molar-refractivity contribution in [3.05, 3.63) is 194 Å². The van der Waals surface area contributed by atoms with Crippen LogP contribution in [0.3, 0.4) is 0 Å². The number of nitrogens with zero attached hydrogens (tertiary/aromatic N) is 1. The van der Waals surface area contributed by atoms with Gasteiger partial charge in [0.15, 0.2) is 0 Å². The molecule has 1 aliphatic heterocycles. The number of hydrogen-bond donors (Lipinski definition) is 0. The molecule has 15 nitrogen and oxygen atoms in total. The Morgan fingerprint density at radius 3 is 1.10 bits per heavy atom. The van der Waals surface area contributed by atoms with Crippen molar-refractivity contribution >= 4 is 5.90 Å². The molecule has 0 amide bonds. The molecule has 0 spiro atoms. The lowest BCUT2D eigenvalue weighted by atomic mass is 10.1. The van der Waals surface area contributed by atoms with E-state index in [1.807, 2.05) is 30.3 Å². The van der Waals surface area contributed by atoms with Crippen molar-refractivity contribution in [2.45, 2.75) is 12.5 Å². The van der Waals surface area contributed by atoms with Gasteiger partial charge in [0.2, 0.25) is 5.90 Å². The van der Waals surface area contributed by atoms with Crippen LogP contribution in [-0.4, -0.2) is 31.8 Å². The quantitative estimate of drug-likeness (QED) is 0.0730. The molecule has 1 aliphatic rings. The van der Waals surface area contributed by atoms with E-state index in [-0.39, 0.29) is 13.2 Å². The zero-order valence-electron chi connectivity index (χ0n) is 30.9.